The number of carbonyl (C=O) groups excluding carboxylic acids is 1. The third kappa shape index (κ3) is 4.58. The van der Waals surface area contributed by atoms with Gasteiger partial charge in [-0.05, 0) is 30.0 Å². The molecule has 1 N–H and O–H groups in total. The van der Waals surface area contributed by atoms with E-state index in [1.807, 2.05) is 66.7 Å². The summed E-state index contributed by atoms with van der Waals surface area (Å²) in [5.41, 5.74) is 2.76. The molecular weight excluding hydrogens is 294 g/mol. The molecule has 0 spiro atoms. The minimum Gasteiger partial charge on any atom is -0.349 e. The number of hydrogen-bond acceptors (Lipinski definition) is 1. The predicted molar refractivity (Wildman–Crippen MR) is 100 cm³/mol. The Labute approximate surface area is 144 Å². The maximum atomic E-state index is 12.9. The van der Waals surface area contributed by atoms with E-state index in [1.54, 1.807) is 0 Å². The summed E-state index contributed by atoms with van der Waals surface area (Å²) in [7, 11) is 0. The second kappa shape index (κ2) is 8.49. The van der Waals surface area contributed by atoms with Crippen LogP contribution >= 0.6 is 0 Å². The largest absolute Gasteiger partial charge is 0.349 e. The van der Waals surface area contributed by atoms with E-state index in [-0.39, 0.29) is 5.91 Å². The van der Waals surface area contributed by atoms with Crippen LogP contribution in [0.15, 0.2) is 60.7 Å². The number of hydrogen-bond donors (Lipinski definition) is 1. The highest BCUT2D eigenvalue weighted by atomic mass is 16.1. The van der Waals surface area contributed by atoms with Gasteiger partial charge in [0.25, 0.3) is 5.91 Å². The van der Waals surface area contributed by atoms with Crippen LogP contribution < -0.4 is 5.32 Å². The Morgan fingerprint density at radius 3 is 2.04 bits per heavy atom. The molecule has 124 valence electrons. The third-order valence-corrected chi connectivity index (χ3v) is 4.63. The molecule has 0 aliphatic heterocycles. The first-order valence-corrected chi connectivity index (χ1v) is 8.96. The Bertz CT molecular complexity index is 668. The Kier molecular flexibility index (Phi) is 5.84. The minimum absolute atomic E-state index is 0.0388. The van der Waals surface area contributed by atoms with Crippen molar-refractivity contribution in [3.63, 3.8) is 0 Å². The first kappa shape index (κ1) is 16.5. The summed E-state index contributed by atoms with van der Waals surface area (Å²) in [6, 6.07) is 20.3. The normalized spacial score (nSPS) is 16.4. The standard InChI is InChI=1S/C22H25NO/c24-22(23-20-15-9-1-2-10-16-20)21(19-13-7-4-8-14-19)17-18-11-5-3-6-12-18/h3-8,11-14,17,20H,1-2,9-10,15-16H2,(H,23,24). The molecule has 0 unspecified atom stereocenters. The third-order valence-electron chi connectivity index (χ3n) is 4.63. The summed E-state index contributed by atoms with van der Waals surface area (Å²) in [6.45, 7) is 0. The van der Waals surface area contributed by atoms with Gasteiger partial charge in [-0.3, -0.25) is 4.79 Å². The van der Waals surface area contributed by atoms with Crippen LogP contribution in [0.1, 0.15) is 49.7 Å². The molecular formula is C22H25NO. The monoisotopic (exact) mass is 319 g/mol. The average Bonchev–Trinajstić information content (AvgIpc) is 2.90. The molecule has 3 rings (SSSR count). The molecule has 1 fully saturated rings. The highest BCUT2D eigenvalue weighted by Crippen LogP contribution is 2.21. The van der Waals surface area contributed by atoms with E-state index in [0.717, 1.165) is 29.5 Å². The quantitative estimate of drug-likeness (QED) is 0.476. The zero-order valence-electron chi connectivity index (χ0n) is 14.1. The highest BCUT2D eigenvalue weighted by molar-refractivity contribution is 6.24. The molecule has 1 saturated carbocycles. The first-order valence-electron chi connectivity index (χ1n) is 8.96. The van der Waals surface area contributed by atoms with E-state index in [1.165, 1.54) is 25.7 Å². The van der Waals surface area contributed by atoms with Gasteiger partial charge in [-0.15, -0.1) is 0 Å². The Morgan fingerprint density at radius 1 is 0.833 bits per heavy atom. The molecule has 24 heavy (non-hydrogen) atoms. The lowest BCUT2D eigenvalue weighted by atomic mass is 10.0. The summed E-state index contributed by atoms with van der Waals surface area (Å²) < 4.78 is 0. The summed E-state index contributed by atoms with van der Waals surface area (Å²) in [5, 5.41) is 3.27. The van der Waals surface area contributed by atoms with Crippen LogP contribution in [0, 0.1) is 0 Å². The molecule has 2 aromatic carbocycles. The van der Waals surface area contributed by atoms with Crippen LogP contribution in [0.5, 0.6) is 0 Å². The van der Waals surface area contributed by atoms with E-state index < -0.39 is 0 Å². The second-order valence-electron chi connectivity index (χ2n) is 6.50. The van der Waals surface area contributed by atoms with Gasteiger partial charge in [0.05, 0.1) is 0 Å². The number of rotatable bonds is 4. The molecule has 2 nitrogen and oxygen atoms in total. The summed E-state index contributed by atoms with van der Waals surface area (Å²) in [5.74, 6) is 0.0388. The van der Waals surface area contributed by atoms with Gasteiger partial charge in [0.1, 0.15) is 0 Å². The molecule has 0 atom stereocenters. The van der Waals surface area contributed by atoms with E-state index in [4.69, 9.17) is 0 Å². The Balaban J connectivity index is 1.84. The Morgan fingerprint density at radius 2 is 1.42 bits per heavy atom. The predicted octanol–water partition coefficient (Wildman–Crippen LogP) is 5.07. The van der Waals surface area contributed by atoms with Gasteiger partial charge < -0.3 is 5.32 Å². The molecule has 0 radical (unpaired) electrons. The average molecular weight is 319 g/mol. The second-order valence-corrected chi connectivity index (χ2v) is 6.50. The fraction of sp³-hybridized carbons (Fsp3) is 0.318. The van der Waals surface area contributed by atoms with Gasteiger partial charge >= 0.3 is 0 Å². The summed E-state index contributed by atoms with van der Waals surface area (Å²) in [6.07, 6.45) is 9.19. The Hall–Kier alpha value is -2.35. The maximum absolute atomic E-state index is 12.9. The van der Waals surface area contributed by atoms with Crippen LogP contribution in [0.4, 0.5) is 0 Å². The van der Waals surface area contributed by atoms with Gasteiger partial charge in [0.2, 0.25) is 0 Å². The lowest BCUT2D eigenvalue weighted by molar-refractivity contribution is -0.116. The van der Waals surface area contributed by atoms with Crippen LogP contribution in [0.25, 0.3) is 11.6 Å². The van der Waals surface area contributed by atoms with E-state index in [9.17, 15) is 4.79 Å². The number of carbonyl (C=O) groups is 1. The number of amides is 1. The van der Waals surface area contributed by atoms with E-state index in [2.05, 4.69) is 5.32 Å². The number of nitrogens with one attached hydrogen (secondary N) is 1. The summed E-state index contributed by atoms with van der Waals surface area (Å²) in [4.78, 5) is 12.9. The van der Waals surface area contributed by atoms with Crippen molar-refractivity contribution in [2.75, 3.05) is 0 Å². The van der Waals surface area contributed by atoms with Crippen molar-refractivity contribution in [1.29, 1.82) is 0 Å². The molecule has 2 aromatic rings. The van der Waals surface area contributed by atoms with Crippen LogP contribution in [-0.2, 0) is 4.79 Å². The first-order chi connectivity index (χ1) is 11.8. The van der Waals surface area contributed by atoms with E-state index in [0.29, 0.717) is 6.04 Å². The van der Waals surface area contributed by atoms with Crippen LogP contribution in [0.3, 0.4) is 0 Å². The minimum atomic E-state index is 0.0388. The lowest BCUT2D eigenvalue weighted by Crippen LogP contribution is -2.34. The topological polar surface area (TPSA) is 29.1 Å². The van der Waals surface area contributed by atoms with Crippen molar-refractivity contribution >= 4 is 17.6 Å². The molecule has 2 heteroatoms. The van der Waals surface area contributed by atoms with Crippen LogP contribution in [0.2, 0.25) is 0 Å². The molecule has 0 aromatic heterocycles. The summed E-state index contributed by atoms with van der Waals surface area (Å²) >= 11 is 0. The van der Waals surface area contributed by atoms with Crippen molar-refractivity contribution in [3.8, 4) is 0 Å². The molecule has 1 amide bonds. The fourth-order valence-electron chi connectivity index (χ4n) is 3.30. The SMILES string of the molecule is O=C(NC1CCCCCC1)C(=Cc1ccccc1)c1ccccc1. The maximum Gasteiger partial charge on any atom is 0.252 e. The van der Waals surface area contributed by atoms with Crippen molar-refractivity contribution in [1.82, 2.24) is 5.32 Å². The van der Waals surface area contributed by atoms with Crippen molar-refractivity contribution in [2.45, 2.75) is 44.6 Å². The fourth-order valence-corrected chi connectivity index (χ4v) is 3.30. The van der Waals surface area contributed by atoms with Gasteiger partial charge in [-0.2, -0.15) is 0 Å². The molecule has 0 saturated heterocycles. The molecule has 0 bridgehead atoms. The molecule has 1 aliphatic carbocycles. The zero-order chi connectivity index (χ0) is 16.6. The van der Waals surface area contributed by atoms with Gasteiger partial charge in [-0.25, -0.2) is 0 Å². The van der Waals surface area contributed by atoms with Crippen molar-refractivity contribution in [2.24, 2.45) is 0 Å². The lowest BCUT2D eigenvalue weighted by Gasteiger charge is -2.18. The van der Waals surface area contributed by atoms with E-state index >= 15 is 0 Å². The zero-order valence-corrected chi connectivity index (χ0v) is 14.1. The molecule has 0 heterocycles. The van der Waals surface area contributed by atoms with Gasteiger partial charge in [-0.1, -0.05) is 86.3 Å². The van der Waals surface area contributed by atoms with Crippen molar-refractivity contribution in [3.05, 3.63) is 71.8 Å². The van der Waals surface area contributed by atoms with Crippen LogP contribution in [-0.4, -0.2) is 11.9 Å². The molecule has 1 aliphatic rings. The highest BCUT2D eigenvalue weighted by Gasteiger charge is 2.18. The smallest absolute Gasteiger partial charge is 0.252 e. The van der Waals surface area contributed by atoms with Gasteiger partial charge in [0, 0.05) is 11.6 Å². The van der Waals surface area contributed by atoms with Crippen molar-refractivity contribution < 1.29 is 4.79 Å². The number of benzene rings is 2. The van der Waals surface area contributed by atoms with Gasteiger partial charge in [0.15, 0.2) is 0 Å².